The van der Waals surface area contributed by atoms with Gasteiger partial charge in [-0.2, -0.15) is 0 Å². The fourth-order valence-corrected chi connectivity index (χ4v) is 1.97. The highest BCUT2D eigenvalue weighted by Gasteiger charge is 2.26. The second-order valence-corrected chi connectivity index (χ2v) is 3.87. The molecule has 1 aliphatic rings. The molecule has 0 fully saturated rings. The first-order chi connectivity index (χ1) is 6.59. The Labute approximate surface area is 88.1 Å². The van der Waals surface area contributed by atoms with Crippen LogP contribution in [-0.2, 0) is 0 Å². The number of hydrogen-bond donors (Lipinski definition) is 1. The summed E-state index contributed by atoms with van der Waals surface area (Å²) in [6.45, 7) is 0.370. The summed E-state index contributed by atoms with van der Waals surface area (Å²) in [6.07, 6.45) is 0. The largest absolute Gasteiger partial charge is 0.490 e. The standard InChI is InChI=1S/C8H7BrN2O3/c9-6-2-4(11(12)13)1-5-7(10)3-14-8(5)6/h1-2,7H,3,10H2/t7-/m1/s1. The molecule has 0 saturated heterocycles. The summed E-state index contributed by atoms with van der Waals surface area (Å²) in [5.74, 6) is 0.614. The fraction of sp³-hybridized carbons (Fsp3) is 0.250. The maximum absolute atomic E-state index is 10.6. The Morgan fingerprint density at radius 2 is 2.36 bits per heavy atom. The number of halogens is 1. The second kappa shape index (κ2) is 3.21. The summed E-state index contributed by atoms with van der Waals surface area (Å²) < 4.78 is 5.86. The summed E-state index contributed by atoms with van der Waals surface area (Å²) >= 11 is 3.21. The first-order valence-corrected chi connectivity index (χ1v) is 4.75. The van der Waals surface area contributed by atoms with E-state index in [9.17, 15) is 10.1 Å². The Morgan fingerprint density at radius 3 is 3.00 bits per heavy atom. The Hall–Kier alpha value is -1.14. The Morgan fingerprint density at radius 1 is 1.64 bits per heavy atom. The monoisotopic (exact) mass is 258 g/mol. The lowest BCUT2D eigenvalue weighted by Crippen LogP contribution is -2.10. The molecule has 1 aromatic rings. The van der Waals surface area contributed by atoms with E-state index in [0.29, 0.717) is 22.4 Å². The van der Waals surface area contributed by atoms with Gasteiger partial charge in [-0.3, -0.25) is 10.1 Å². The van der Waals surface area contributed by atoms with Gasteiger partial charge in [0.2, 0.25) is 0 Å². The van der Waals surface area contributed by atoms with Gasteiger partial charge < -0.3 is 10.5 Å². The number of ether oxygens (including phenoxy) is 1. The van der Waals surface area contributed by atoms with E-state index in [2.05, 4.69) is 15.9 Å². The van der Waals surface area contributed by atoms with E-state index in [4.69, 9.17) is 10.5 Å². The normalized spacial score (nSPS) is 18.9. The molecule has 0 saturated carbocycles. The van der Waals surface area contributed by atoms with Gasteiger partial charge in [0.25, 0.3) is 5.69 Å². The summed E-state index contributed by atoms with van der Waals surface area (Å²) in [5, 5.41) is 10.6. The van der Waals surface area contributed by atoms with Crippen LogP contribution >= 0.6 is 15.9 Å². The predicted molar refractivity (Wildman–Crippen MR) is 53.2 cm³/mol. The zero-order valence-electron chi connectivity index (χ0n) is 7.07. The Bertz CT molecular complexity index is 408. The van der Waals surface area contributed by atoms with Crippen molar-refractivity contribution < 1.29 is 9.66 Å². The third-order valence-corrected chi connectivity index (χ3v) is 2.66. The van der Waals surface area contributed by atoms with E-state index in [1.807, 2.05) is 0 Å². The van der Waals surface area contributed by atoms with Crippen molar-refractivity contribution in [3.05, 3.63) is 32.3 Å². The average Bonchev–Trinajstić information content (AvgIpc) is 2.48. The molecular weight excluding hydrogens is 252 g/mol. The third-order valence-electron chi connectivity index (χ3n) is 2.07. The Balaban J connectivity index is 2.58. The number of nitro benzene ring substituents is 1. The van der Waals surface area contributed by atoms with Crippen LogP contribution in [-0.4, -0.2) is 11.5 Å². The quantitative estimate of drug-likeness (QED) is 0.615. The molecule has 6 heteroatoms. The molecule has 2 rings (SSSR count). The minimum atomic E-state index is -0.448. The van der Waals surface area contributed by atoms with Gasteiger partial charge in [0.1, 0.15) is 12.4 Å². The van der Waals surface area contributed by atoms with Crippen LogP contribution in [0, 0.1) is 10.1 Å². The molecule has 0 aliphatic carbocycles. The van der Waals surface area contributed by atoms with Crippen molar-refractivity contribution in [2.45, 2.75) is 6.04 Å². The van der Waals surface area contributed by atoms with E-state index in [-0.39, 0.29) is 11.7 Å². The van der Waals surface area contributed by atoms with E-state index < -0.39 is 4.92 Å². The molecule has 1 aliphatic heterocycles. The predicted octanol–water partition coefficient (Wildman–Crippen LogP) is 1.75. The van der Waals surface area contributed by atoms with E-state index in [1.165, 1.54) is 12.1 Å². The number of benzene rings is 1. The van der Waals surface area contributed by atoms with Gasteiger partial charge in [0.15, 0.2) is 0 Å². The lowest BCUT2D eigenvalue weighted by Gasteiger charge is -2.02. The highest BCUT2D eigenvalue weighted by Crippen LogP contribution is 2.40. The van der Waals surface area contributed by atoms with Crippen molar-refractivity contribution in [2.75, 3.05) is 6.61 Å². The van der Waals surface area contributed by atoms with Gasteiger partial charge in [-0.15, -0.1) is 0 Å². The number of rotatable bonds is 1. The summed E-state index contributed by atoms with van der Waals surface area (Å²) in [4.78, 5) is 10.1. The van der Waals surface area contributed by atoms with E-state index in [1.54, 1.807) is 0 Å². The smallest absolute Gasteiger partial charge is 0.271 e. The van der Waals surface area contributed by atoms with E-state index in [0.717, 1.165) is 0 Å². The highest BCUT2D eigenvalue weighted by atomic mass is 79.9. The van der Waals surface area contributed by atoms with Gasteiger partial charge in [0, 0.05) is 17.7 Å². The SMILES string of the molecule is N[C@@H]1COc2c(Br)cc([N+](=O)[O-])cc21. The lowest BCUT2D eigenvalue weighted by molar-refractivity contribution is -0.385. The molecule has 1 heterocycles. The fourth-order valence-electron chi connectivity index (χ4n) is 1.40. The Kier molecular flexibility index (Phi) is 2.16. The molecule has 1 atom stereocenters. The molecule has 5 nitrogen and oxygen atoms in total. The van der Waals surface area contributed by atoms with Crippen LogP contribution in [0.5, 0.6) is 5.75 Å². The first-order valence-electron chi connectivity index (χ1n) is 3.96. The van der Waals surface area contributed by atoms with Crippen LogP contribution in [0.4, 0.5) is 5.69 Å². The third kappa shape index (κ3) is 1.36. The average molecular weight is 259 g/mol. The van der Waals surface area contributed by atoms with E-state index >= 15 is 0 Å². The van der Waals surface area contributed by atoms with Crippen molar-refractivity contribution >= 4 is 21.6 Å². The van der Waals surface area contributed by atoms with Crippen molar-refractivity contribution in [1.82, 2.24) is 0 Å². The van der Waals surface area contributed by atoms with Gasteiger partial charge in [-0.25, -0.2) is 0 Å². The van der Waals surface area contributed by atoms with Crippen LogP contribution in [0.3, 0.4) is 0 Å². The zero-order chi connectivity index (χ0) is 10.3. The highest BCUT2D eigenvalue weighted by molar-refractivity contribution is 9.10. The molecule has 0 bridgehead atoms. The van der Waals surface area contributed by atoms with Crippen LogP contribution in [0.15, 0.2) is 16.6 Å². The molecule has 0 aromatic heterocycles. The minimum absolute atomic E-state index is 0.0246. The number of fused-ring (bicyclic) bond motifs is 1. The van der Waals surface area contributed by atoms with Gasteiger partial charge in [-0.1, -0.05) is 0 Å². The molecule has 0 spiro atoms. The molecule has 2 N–H and O–H groups in total. The lowest BCUT2D eigenvalue weighted by atomic mass is 10.1. The van der Waals surface area contributed by atoms with Crippen molar-refractivity contribution in [2.24, 2.45) is 5.73 Å². The summed E-state index contributed by atoms with van der Waals surface area (Å²) in [6, 6.07) is 2.59. The maximum Gasteiger partial charge on any atom is 0.271 e. The number of nitrogens with two attached hydrogens (primary N) is 1. The van der Waals surface area contributed by atoms with Gasteiger partial charge in [0.05, 0.1) is 15.4 Å². The topological polar surface area (TPSA) is 78.4 Å². The zero-order valence-corrected chi connectivity index (χ0v) is 8.65. The van der Waals surface area contributed by atoms with Gasteiger partial charge >= 0.3 is 0 Å². The number of non-ortho nitro benzene ring substituents is 1. The number of nitro groups is 1. The maximum atomic E-state index is 10.6. The second-order valence-electron chi connectivity index (χ2n) is 3.02. The molecule has 0 amide bonds. The molecular formula is C8H7BrN2O3. The van der Waals surface area contributed by atoms with Crippen LogP contribution in [0.2, 0.25) is 0 Å². The summed E-state index contributed by atoms with van der Waals surface area (Å²) in [7, 11) is 0. The van der Waals surface area contributed by atoms with Crippen molar-refractivity contribution in [3.8, 4) is 5.75 Å². The van der Waals surface area contributed by atoms with Crippen LogP contribution in [0.25, 0.3) is 0 Å². The minimum Gasteiger partial charge on any atom is -0.490 e. The van der Waals surface area contributed by atoms with Crippen molar-refractivity contribution in [1.29, 1.82) is 0 Å². The van der Waals surface area contributed by atoms with Crippen LogP contribution in [0.1, 0.15) is 11.6 Å². The molecule has 0 unspecified atom stereocenters. The molecule has 14 heavy (non-hydrogen) atoms. The first kappa shape index (κ1) is 9.42. The van der Waals surface area contributed by atoms with Crippen LogP contribution < -0.4 is 10.5 Å². The molecule has 74 valence electrons. The molecule has 0 radical (unpaired) electrons. The molecule has 1 aromatic carbocycles. The van der Waals surface area contributed by atoms with Gasteiger partial charge in [-0.05, 0) is 15.9 Å². The number of nitrogens with zero attached hydrogens (tertiary/aromatic N) is 1. The number of hydrogen-bond acceptors (Lipinski definition) is 4. The van der Waals surface area contributed by atoms with Crippen molar-refractivity contribution in [3.63, 3.8) is 0 Å². The summed E-state index contributed by atoms with van der Waals surface area (Å²) in [5.41, 5.74) is 6.43.